The molecule has 19 heteroatoms. The molecule has 5 atom stereocenters. The highest BCUT2D eigenvalue weighted by atomic mass is 31.2. The molecule has 0 aliphatic rings. The number of unbranched alkanes of at least 4 members (excludes halogenated alkanes) is 48. The van der Waals surface area contributed by atoms with Crippen LogP contribution in [0, 0.1) is 5.92 Å². The Morgan fingerprint density at radius 2 is 0.484 bits per heavy atom. The Kier molecular flexibility index (Phi) is 67.7. The predicted octanol–water partition coefficient (Wildman–Crippen LogP) is 22.5. The number of hydrogen-bond acceptors (Lipinski definition) is 15. The van der Waals surface area contributed by atoms with Crippen molar-refractivity contribution >= 4 is 39.5 Å². The Bertz CT molecular complexity index is 1820. The van der Waals surface area contributed by atoms with Crippen molar-refractivity contribution in [1.82, 2.24) is 0 Å². The second-order valence-corrected chi connectivity index (χ2v) is 30.8. The zero-order valence-corrected chi connectivity index (χ0v) is 63.6. The molecule has 0 aromatic carbocycles. The van der Waals surface area contributed by atoms with Crippen LogP contribution in [-0.2, 0) is 65.4 Å². The summed E-state index contributed by atoms with van der Waals surface area (Å²) in [6.45, 7) is 7.15. The second-order valence-electron chi connectivity index (χ2n) is 27.9. The third-order valence-electron chi connectivity index (χ3n) is 17.8. The number of carbonyl (C=O) groups excluding carboxylic acids is 4. The molecule has 0 aromatic heterocycles. The third kappa shape index (κ3) is 70.3. The van der Waals surface area contributed by atoms with Crippen LogP contribution in [0.4, 0.5) is 0 Å². The number of carbonyl (C=O) groups is 4. The lowest BCUT2D eigenvalue weighted by molar-refractivity contribution is -0.161. The molecular formula is C76H148O17P2. The molecule has 0 aliphatic heterocycles. The molecule has 0 aliphatic carbocycles. The summed E-state index contributed by atoms with van der Waals surface area (Å²) in [6.07, 6.45) is 58.9. The molecule has 564 valence electrons. The molecule has 0 rings (SSSR count). The highest BCUT2D eigenvalue weighted by Gasteiger charge is 2.30. The van der Waals surface area contributed by atoms with E-state index in [0.717, 1.165) is 103 Å². The van der Waals surface area contributed by atoms with E-state index in [1.807, 2.05) is 0 Å². The highest BCUT2D eigenvalue weighted by molar-refractivity contribution is 7.47. The first kappa shape index (κ1) is 93.1. The van der Waals surface area contributed by atoms with Gasteiger partial charge in [-0.25, -0.2) is 9.13 Å². The monoisotopic (exact) mass is 1400 g/mol. The fourth-order valence-corrected chi connectivity index (χ4v) is 13.3. The predicted molar refractivity (Wildman–Crippen MR) is 386 cm³/mol. The SMILES string of the molecule is CCCCCCCCCCCCCCCCCCCCCCCCC(=O)O[C@H](COC(=O)CCCCCCCCCCCCCCCCCCC)COP(=O)(O)OC[C@@H](O)COP(=O)(O)OC[C@@H](COC(=O)CCCCCCCCC)OC(=O)CCCCCCCCC(C)C. The van der Waals surface area contributed by atoms with Gasteiger partial charge in [0.15, 0.2) is 12.2 Å². The molecule has 0 bridgehead atoms. The van der Waals surface area contributed by atoms with Gasteiger partial charge in [-0.05, 0) is 31.6 Å². The van der Waals surface area contributed by atoms with Crippen molar-refractivity contribution in [2.75, 3.05) is 39.6 Å². The molecule has 17 nitrogen and oxygen atoms in total. The molecule has 0 aromatic rings. The minimum atomic E-state index is -4.96. The molecule has 0 amide bonds. The summed E-state index contributed by atoms with van der Waals surface area (Å²) in [5.41, 5.74) is 0. The summed E-state index contributed by atoms with van der Waals surface area (Å²) < 4.78 is 68.3. The van der Waals surface area contributed by atoms with Gasteiger partial charge >= 0.3 is 39.5 Å². The van der Waals surface area contributed by atoms with Gasteiger partial charge in [0.2, 0.25) is 0 Å². The Morgan fingerprint density at radius 3 is 0.716 bits per heavy atom. The first-order valence-electron chi connectivity index (χ1n) is 39.6. The average Bonchev–Trinajstić information content (AvgIpc) is 1.98. The maximum absolute atomic E-state index is 13.1. The molecule has 3 N–H and O–H groups in total. The molecular weight excluding hydrogens is 1250 g/mol. The van der Waals surface area contributed by atoms with Crippen LogP contribution < -0.4 is 0 Å². The number of aliphatic hydroxyl groups is 1. The van der Waals surface area contributed by atoms with E-state index < -0.39 is 97.5 Å². The molecule has 2 unspecified atom stereocenters. The fraction of sp³-hybridized carbons (Fsp3) is 0.947. The fourth-order valence-electron chi connectivity index (χ4n) is 11.7. The Hall–Kier alpha value is -1.94. The Labute approximate surface area is 581 Å². The maximum atomic E-state index is 13.1. The molecule has 0 spiro atoms. The number of phosphoric ester groups is 2. The van der Waals surface area contributed by atoms with E-state index in [1.54, 1.807) is 0 Å². The van der Waals surface area contributed by atoms with Crippen LogP contribution in [0.15, 0.2) is 0 Å². The van der Waals surface area contributed by atoms with Crippen molar-refractivity contribution in [2.45, 2.75) is 419 Å². The summed E-state index contributed by atoms with van der Waals surface area (Å²) >= 11 is 0. The van der Waals surface area contributed by atoms with Crippen LogP contribution >= 0.6 is 15.6 Å². The molecule has 95 heavy (non-hydrogen) atoms. The molecule has 0 saturated carbocycles. The summed E-state index contributed by atoms with van der Waals surface area (Å²) in [5, 5.41) is 10.6. The lowest BCUT2D eigenvalue weighted by Gasteiger charge is -2.21. The van der Waals surface area contributed by atoms with Crippen molar-refractivity contribution in [2.24, 2.45) is 5.92 Å². The van der Waals surface area contributed by atoms with Gasteiger partial charge in [-0.2, -0.15) is 0 Å². The lowest BCUT2D eigenvalue weighted by atomic mass is 10.0. The van der Waals surface area contributed by atoms with E-state index in [9.17, 15) is 43.2 Å². The third-order valence-corrected chi connectivity index (χ3v) is 19.7. The normalized spacial score (nSPS) is 13.9. The van der Waals surface area contributed by atoms with E-state index in [4.69, 9.17) is 37.0 Å². The van der Waals surface area contributed by atoms with Crippen molar-refractivity contribution in [3.8, 4) is 0 Å². The van der Waals surface area contributed by atoms with Crippen LogP contribution in [0.1, 0.15) is 401 Å². The Balaban J connectivity index is 5.13. The van der Waals surface area contributed by atoms with Crippen LogP contribution in [0.3, 0.4) is 0 Å². The summed E-state index contributed by atoms with van der Waals surface area (Å²) in [7, 11) is -9.90. The first-order valence-corrected chi connectivity index (χ1v) is 42.6. The van der Waals surface area contributed by atoms with Crippen LogP contribution in [-0.4, -0.2) is 96.7 Å². The average molecular weight is 1400 g/mol. The van der Waals surface area contributed by atoms with Gasteiger partial charge in [-0.1, -0.05) is 349 Å². The van der Waals surface area contributed by atoms with Gasteiger partial charge in [0.1, 0.15) is 19.3 Å². The van der Waals surface area contributed by atoms with Crippen molar-refractivity contribution in [3.63, 3.8) is 0 Å². The topological polar surface area (TPSA) is 237 Å². The van der Waals surface area contributed by atoms with Gasteiger partial charge in [0, 0.05) is 25.7 Å². The van der Waals surface area contributed by atoms with E-state index >= 15 is 0 Å². The molecule has 0 heterocycles. The van der Waals surface area contributed by atoms with Crippen LogP contribution in [0.25, 0.3) is 0 Å². The van der Waals surface area contributed by atoms with Crippen LogP contribution in [0.2, 0.25) is 0 Å². The minimum absolute atomic E-state index is 0.102. The summed E-state index contributed by atoms with van der Waals surface area (Å²) in [4.78, 5) is 72.5. The van der Waals surface area contributed by atoms with Gasteiger partial charge in [0.25, 0.3) is 0 Å². The summed E-state index contributed by atoms with van der Waals surface area (Å²) in [6, 6.07) is 0. The first-order chi connectivity index (χ1) is 46.0. The number of rotatable bonds is 76. The Morgan fingerprint density at radius 1 is 0.284 bits per heavy atom. The molecule has 0 saturated heterocycles. The molecule has 0 fully saturated rings. The van der Waals surface area contributed by atoms with Crippen molar-refractivity contribution < 1.29 is 80.2 Å². The second kappa shape index (κ2) is 69.2. The van der Waals surface area contributed by atoms with E-state index in [2.05, 4.69) is 34.6 Å². The number of ether oxygens (including phenoxy) is 4. The standard InChI is InChI=1S/C76H148O17P2/c1-6-9-12-15-18-20-22-24-26-28-29-30-31-32-34-36-38-40-42-45-51-56-61-75(80)92-71(66-87-74(79)60-55-50-44-41-39-37-35-33-27-25-23-21-19-16-13-10-7-2)67-90-94(82,83)88-63-70(77)64-89-95(84,85)91-68-72(65-86-73(78)59-54-49-43-17-14-11-8-3)93-76(81)62-57-52-47-46-48-53-58-69(4)5/h69-72,77H,6-68H2,1-5H3,(H,82,83)(H,84,85)/t70-,71-,72-/m1/s1. The van der Waals surface area contributed by atoms with E-state index in [0.29, 0.717) is 31.6 Å². The zero-order valence-electron chi connectivity index (χ0n) is 61.8. The smallest absolute Gasteiger partial charge is 0.462 e. The van der Waals surface area contributed by atoms with Gasteiger partial charge in [-0.15, -0.1) is 0 Å². The zero-order chi connectivity index (χ0) is 69.8. The lowest BCUT2D eigenvalue weighted by Crippen LogP contribution is -2.30. The summed E-state index contributed by atoms with van der Waals surface area (Å²) in [5.74, 6) is -1.46. The molecule has 0 radical (unpaired) electrons. The van der Waals surface area contributed by atoms with Crippen molar-refractivity contribution in [1.29, 1.82) is 0 Å². The number of esters is 4. The van der Waals surface area contributed by atoms with Gasteiger partial charge < -0.3 is 33.8 Å². The maximum Gasteiger partial charge on any atom is 0.472 e. The van der Waals surface area contributed by atoms with Gasteiger partial charge in [-0.3, -0.25) is 37.3 Å². The van der Waals surface area contributed by atoms with E-state index in [-0.39, 0.29) is 25.7 Å². The van der Waals surface area contributed by atoms with E-state index in [1.165, 1.54) is 212 Å². The van der Waals surface area contributed by atoms with Crippen molar-refractivity contribution in [3.05, 3.63) is 0 Å². The minimum Gasteiger partial charge on any atom is -0.462 e. The quantitative estimate of drug-likeness (QED) is 0.0222. The highest BCUT2D eigenvalue weighted by Crippen LogP contribution is 2.45. The number of hydrogen-bond donors (Lipinski definition) is 3. The number of aliphatic hydroxyl groups excluding tert-OH is 1. The van der Waals surface area contributed by atoms with Crippen LogP contribution in [0.5, 0.6) is 0 Å². The van der Waals surface area contributed by atoms with Gasteiger partial charge in [0.05, 0.1) is 26.4 Å². The largest absolute Gasteiger partial charge is 0.472 e. The number of phosphoric acid groups is 2.